The van der Waals surface area contributed by atoms with Crippen molar-refractivity contribution in [3.63, 3.8) is 0 Å². The summed E-state index contributed by atoms with van der Waals surface area (Å²) in [6.07, 6.45) is 2.23. The third kappa shape index (κ3) is 8.17. The van der Waals surface area contributed by atoms with Crippen LogP contribution < -0.4 is 0 Å². The van der Waals surface area contributed by atoms with Gasteiger partial charge in [0, 0.05) is 49.5 Å². The molecule has 0 unspecified atom stereocenters. The molecule has 9 aromatic carbocycles. The number of fused-ring (bicyclic) bond motifs is 23. The topological polar surface area (TPSA) is 40.3 Å². The van der Waals surface area contributed by atoms with Crippen molar-refractivity contribution >= 4 is 82.1 Å². The Kier molecular flexibility index (Phi) is 11.5. The Bertz CT molecular complexity index is 4450. The monoisotopic (exact) mass is 1140 g/mol. The Morgan fingerprint density at radius 3 is 1.86 bits per heavy atom. The van der Waals surface area contributed by atoms with Crippen LogP contribution in [0.1, 0.15) is 52.7 Å². The number of hydrogen-bond donors (Lipinski definition) is 0. The summed E-state index contributed by atoms with van der Waals surface area (Å²) in [5.41, 5.74) is 15.4. The number of nitrogens with zero attached hydrogens (tertiary/aromatic N) is 4. The minimum atomic E-state index is -0.210. The fourth-order valence-electron chi connectivity index (χ4n) is 10.7. The number of benzene rings is 9. The molecule has 0 amide bonds. The zero-order valence-corrected chi connectivity index (χ0v) is 44.5. The maximum absolute atomic E-state index is 7.03. The minimum Gasteiger partial charge on any atom is -0.510 e. The second kappa shape index (κ2) is 18.1. The van der Waals surface area contributed by atoms with E-state index in [1.165, 1.54) is 5.56 Å². The molecule has 5 nitrogen and oxygen atoms in total. The molecule has 0 fully saturated rings. The first-order chi connectivity index (χ1) is 35.4. The average Bonchev–Trinajstić information content (AvgIpc) is 3.96. The molecule has 0 spiro atoms. The van der Waals surface area contributed by atoms with Crippen LogP contribution in [0.5, 0.6) is 0 Å². The van der Waals surface area contributed by atoms with Crippen LogP contribution in [0.25, 0.3) is 116 Å². The maximum Gasteiger partial charge on any atom is 0.136 e. The fourth-order valence-corrected chi connectivity index (χ4v) is 10.7. The Morgan fingerprint density at radius 2 is 1.11 bits per heavy atom. The zero-order valence-electron chi connectivity index (χ0n) is 42.2. The van der Waals surface area contributed by atoms with Crippen LogP contribution in [-0.4, -0.2) is 18.5 Å². The summed E-state index contributed by atoms with van der Waals surface area (Å²) >= 11 is 0. The van der Waals surface area contributed by atoms with E-state index in [0.29, 0.717) is 11.2 Å². The van der Waals surface area contributed by atoms with Crippen LogP contribution in [0.15, 0.2) is 217 Å². The van der Waals surface area contributed by atoms with E-state index in [1.54, 1.807) is 0 Å². The van der Waals surface area contributed by atoms with Gasteiger partial charge in [-0.15, -0.1) is 29.1 Å². The molecule has 4 heterocycles. The molecule has 1 aliphatic rings. The predicted molar refractivity (Wildman–Crippen MR) is 305 cm³/mol. The summed E-state index contributed by atoms with van der Waals surface area (Å²) < 4.78 is 13.9. The van der Waals surface area contributed by atoms with Crippen molar-refractivity contribution in [2.24, 2.45) is 0 Å². The average molecular weight is 1140 g/mol. The first-order valence-electron chi connectivity index (χ1n) is 25.2. The summed E-state index contributed by atoms with van der Waals surface area (Å²) in [7, 11) is 0. The molecule has 3 aromatic heterocycles. The molecule has 74 heavy (non-hydrogen) atoms. The SMILES string of the molecule is CC(C)(C)c1cc2[c-]c(c1)n1[cH-]n(c3c(-c4ccccc4)cccc3c3ccccc3c3cccc(c3)c3cc(C(C)(C)C)cc(n3)n3c4[c-]c(ccc4c4cc(-c5ccccc5)ccc43)o2)-c2ccccc2-1.[Pt]. The predicted octanol–water partition coefficient (Wildman–Crippen LogP) is 18.1. The smallest absolute Gasteiger partial charge is 0.136 e. The molecule has 0 aliphatic carbocycles. The van der Waals surface area contributed by atoms with E-state index in [1.807, 2.05) is 6.07 Å². The molecule has 0 radical (unpaired) electrons. The number of hydrogen-bond acceptors (Lipinski definition) is 2. The van der Waals surface area contributed by atoms with Gasteiger partial charge in [-0.1, -0.05) is 205 Å². The maximum atomic E-state index is 7.03. The van der Waals surface area contributed by atoms with Gasteiger partial charge in [0.25, 0.3) is 0 Å². The third-order valence-corrected chi connectivity index (χ3v) is 14.5. The Morgan fingerprint density at radius 1 is 0.459 bits per heavy atom. The van der Waals surface area contributed by atoms with Crippen molar-refractivity contribution in [3.05, 3.63) is 236 Å². The molecule has 364 valence electrons. The van der Waals surface area contributed by atoms with E-state index in [0.717, 1.165) is 110 Å². The number of para-hydroxylation sites is 3. The molecule has 6 heteroatoms. The van der Waals surface area contributed by atoms with Gasteiger partial charge in [0.15, 0.2) is 0 Å². The van der Waals surface area contributed by atoms with Crippen LogP contribution in [0, 0.1) is 12.1 Å². The molecular formula is C68H53N4OPt-3. The molecule has 12 aromatic rings. The van der Waals surface area contributed by atoms with Gasteiger partial charge in [-0.05, 0) is 107 Å². The van der Waals surface area contributed by atoms with Crippen molar-refractivity contribution in [2.45, 2.75) is 52.4 Å². The Labute approximate surface area is 445 Å². The van der Waals surface area contributed by atoms with E-state index >= 15 is 0 Å². The quantitative estimate of drug-likeness (QED) is 0.162. The van der Waals surface area contributed by atoms with Crippen LogP contribution in [0.4, 0.5) is 0 Å². The fraction of sp³-hybridized carbons (Fsp3) is 0.118. The second-order valence-electron chi connectivity index (χ2n) is 21.4. The number of aromatic nitrogens is 4. The van der Waals surface area contributed by atoms with E-state index in [2.05, 4.69) is 274 Å². The van der Waals surface area contributed by atoms with E-state index < -0.39 is 0 Å². The van der Waals surface area contributed by atoms with Gasteiger partial charge in [-0.2, -0.15) is 23.8 Å². The van der Waals surface area contributed by atoms with Gasteiger partial charge in [0.2, 0.25) is 0 Å². The number of imidazole rings is 1. The minimum absolute atomic E-state index is 0. The van der Waals surface area contributed by atoms with Gasteiger partial charge in [0.05, 0.1) is 5.52 Å². The van der Waals surface area contributed by atoms with Crippen LogP contribution in [-0.2, 0) is 31.9 Å². The van der Waals surface area contributed by atoms with Crippen LogP contribution in [0.2, 0.25) is 0 Å². The van der Waals surface area contributed by atoms with Crippen molar-refractivity contribution in [3.8, 4) is 33.6 Å². The Balaban J connectivity index is 0.00000556. The van der Waals surface area contributed by atoms with E-state index in [4.69, 9.17) is 9.40 Å². The van der Waals surface area contributed by atoms with Gasteiger partial charge in [0.1, 0.15) is 5.65 Å². The third-order valence-electron chi connectivity index (χ3n) is 14.5. The summed E-state index contributed by atoms with van der Waals surface area (Å²) in [6, 6.07) is 81.9. The Hall–Kier alpha value is -8.11. The van der Waals surface area contributed by atoms with E-state index in [-0.39, 0.29) is 31.9 Å². The molecule has 0 saturated heterocycles. The number of rotatable bonds is 2. The molecule has 1 aliphatic heterocycles. The van der Waals surface area contributed by atoms with Crippen LogP contribution >= 0.6 is 0 Å². The van der Waals surface area contributed by atoms with Crippen molar-refractivity contribution in [1.82, 2.24) is 18.5 Å². The first kappa shape index (κ1) is 46.9. The molecule has 0 atom stereocenters. The van der Waals surface area contributed by atoms with Gasteiger partial charge < -0.3 is 18.0 Å². The largest absolute Gasteiger partial charge is 0.510 e. The van der Waals surface area contributed by atoms with Gasteiger partial charge in [-0.25, -0.2) is 4.98 Å². The standard InChI is InChI=1S/C68H53N4O.Pt/c1-67(2,3)49-37-51-41-53(38-49)73-52-32-33-57-59-36-46(44-19-9-7-10-20-44)31-34-61(59)72(64(57)42-52)65-40-50(68(4,5)6)39-60(69-65)48-24-17-23-47(35-48)54-25-13-14-26-56(54)58-28-18-27-55(45-21-11-8-12-22-45)66(58)71-43-70(51)62-29-15-16-30-63(62)71;/h7-40,43H,1-6H3;/q-3;. The second-order valence-corrected chi connectivity index (χ2v) is 21.4. The van der Waals surface area contributed by atoms with Crippen molar-refractivity contribution in [2.75, 3.05) is 0 Å². The van der Waals surface area contributed by atoms with Crippen molar-refractivity contribution in [1.29, 1.82) is 0 Å². The molecule has 0 saturated carbocycles. The number of pyridine rings is 1. The molecule has 13 rings (SSSR count). The van der Waals surface area contributed by atoms with Gasteiger partial charge in [-0.3, -0.25) is 0 Å². The van der Waals surface area contributed by atoms with Gasteiger partial charge >= 0.3 is 0 Å². The normalized spacial score (nSPS) is 12.1. The molecule has 0 N–H and O–H groups in total. The van der Waals surface area contributed by atoms with Crippen molar-refractivity contribution < 1.29 is 25.5 Å². The van der Waals surface area contributed by atoms with Crippen LogP contribution in [0.3, 0.4) is 0 Å². The molecule has 10 bridgehead atoms. The summed E-state index contributed by atoms with van der Waals surface area (Å²) in [5, 5.41) is 7.69. The summed E-state index contributed by atoms with van der Waals surface area (Å²) in [6.45, 7) is 13.6. The zero-order chi connectivity index (χ0) is 49.6. The first-order valence-corrected chi connectivity index (χ1v) is 25.2. The van der Waals surface area contributed by atoms with E-state index in [9.17, 15) is 0 Å². The molecular weight excluding hydrogens is 1080 g/mol. The summed E-state index contributed by atoms with van der Waals surface area (Å²) in [5.74, 6) is 0. The summed E-state index contributed by atoms with van der Waals surface area (Å²) in [4.78, 5) is 5.63.